The third kappa shape index (κ3) is 9.06. The van der Waals surface area contributed by atoms with E-state index in [0.717, 1.165) is 112 Å². The van der Waals surface area contributed by atoms with Crippen molar-refractivity contribution >= 4 is 86.7 Å². The van der Waals surface area contributed by atoms with Crippen molar-refractivity contribution in [2.45, 2.75) is 79.1 Å². The summed E-state index contributed by atoms with van der Waals surface area (Å²) in [5.74, 6) is 2.59. The molecule has 4 heterocycles. The maximum absolute atomic E-state index is 11.4. The molecule has 4 aromatic heterocycles. The zero-order chi connectivity index (χ0) is 48.1. The molecule has 0 aliphatic carbocycles. The number of H-pyrrole nitrogens is 2. The van der Waals surface area contributed by atoms with Gasteiger partial charge in [0, 0.05) is 21.5 Å². The first-order valence-corrected chi connectivity index (χ1v) is 26.4. The predicted octanol–water partition coefficient (Wildman–Crippen LogP) is 15.3. The van der Waals surface area contributed by atoms with Crippen LogP contribution in [0.25, 0.3) is 91.4 Å². The van der Waals surface area contributed by atoms with Gasteiger partial charge >= 0.3 is 0 Å². The minimum atomic E-state index is 0.397. The first kappa shape index (κ1) is 46.5. The van der Waals surface area contributed by atoms with E-state index >= 15 is 0 Å². The molecular weight excluding hydrogens is 901 g/mol. The van der Waals surface area contributed by atoms with Gasteiger partial charge in [0.1, 0.15) is 33.2 Å². The lowest BCUT2D eigenvalue weighted by molar-refractivity contribution is 0.233. The van der Waals surface area contributed by atoms with Gasteiger partial charge in [0.25, 0.3) is 0 Å². The molecule has 10 aromatic rings. The Labute approximate surface area is 416 Å². The van der Waals surface area contributed by atoms with Crippen LogP contribution in [-0.4, -0.2) is 33.1 Å². The van der Waals surface area contributed by atoms with E-state index < -0.39 is 0 Å². The van der Waals surface area contributed by atoms with Gasteiger partial charge in [-0.1, -0.05) is 127 Å². The van der Waals surface area contributed by atoms with Gasteiger partial charge in [0.15, 0.2) is 0 Å². The van der Waals surface area contributed by atoms with Crippen molar-refractivity contribution in [2.75, 3.05) is 13.2 Å². The van der Waals surface area contributed by atoms with E-state index in [1.807, 2.05) is 60.7 Å². The molecule has 0 aliphatic rings. The summed E-state index contributed by atoms with van der Waals surface area (Å²) >= 11 is 3.05. The van der Waals surface area contributed by atoms with Gasteiger partial charge in [0.05, 0.1) is 62.3 Å². The smallest absolute Gasteiger partial charge is 0.245 e. The van der Waals surface area contributed by atoms with Crippen LogP contribution in [-0.2, 0) is 0 Å². The molecule has 70 heavy (non-hydrogen) atoms. The molecule has 350 valence electrons. The van der Waals surface area contributed by atoms with E-state index in [0.29, 0.717) is 57.0 Å². The van der Waals surface area contributed by atoms with Crippen LogP contribution in [0.2, 0.25) is 0 Å². The van der Waals surface area contributed by atoms with Gasteiger partial charge in [-0.05, 0) is 107 Å². The largest absolute Gasteiger partial charge is 0.493 e. The molecule has 0 radical (unpaired) electrons. The number of fused-ring (bicyclic) bond motifs is 7. The van der Waals surface area contributed by atoms with Gasteiger partial charge in [0.2, 0.25) is 5.70 Å². The van der Waals surface area contributed by atoms with Crippen molar-refractivity contribution in [3.05, 3.63) is 153 Å². The van der Waals surface area contributed by atoms with E-state index in [-0.39, 0.29) is 0 Å². The summed E-state index contributed by atoms with van der Waals surface area (Å²) in [6.07, 6.45) is 9.15. The molecular formula is C60H56N6O2S2. The number of thiazole rings is 2. The quantitative estimate of drug-likeness (QED) is 0.0834. The summed E-state index contributed by atoms with van der Waals surface area (Å²) < 4.78 is 14.9. The lowest BCUT2D eigenvalue weighted by Gasteiger charge is -2.15. The van der Waals surface area contributed by atoms with Crippen molar-refractivity contribution in [1.82, 2.24) is 19.9 Å². The fraction of sp³-hybridized carbons (Fsp3) is 0.267. The molecule has 0 spiro atoms. The average Bonchev–Trinajstić information content (AvgIpc) is 4.21. The van der Waals surface area contributed by atoms with Crippen LogP contribution in [0.3, 0.4) is 0 Å². The number of hydrogen-bond acceptors (Lipinski definition) is 7. The van der Waals surface area contributed by atoms with E-state index in [4.69, 9.17) is 26.0 Å². The zero-order valence-corrected chi connectivity index (χ0v) is 41.8. The Balaban J connectivity index is 1.22. The van der Waals surface area contributed by atoms with Crippen LogP contribution in [0, 0.1) is 29.7 Å². The highest BCUT2D eigenvalue weighted by molar-refractivity contribution is 7.21. The SMILES string of the molecule is [C-]#[N+]C(c1nc2ccc3ccccc3c2s1)=c1[nH]c(-c2ccc(OCC(CC)CCCC)cc2)c2c(=C(C#N)c3nc4ccc5ccccc5c4s3)[nH]c(-c3ccc(OCC(CC)CCCC)cc3)c12. The average molecular weight is 957 g/mol. The Morgan fingerprint density at radius 3 is 1.57 bits per heavy atom. The number of ether oxygens (including phenoxy) is 2. The molecule has 0 saturated carbocycles. The van der Waals surface area contributed by atoms with Crippen molar-refractivity contribution < 1.29 is 9.47 Å². The fourth-order valence-electron chi connectivity index (χ4n) is 9.65. The summed E-state index contributed by atoms with van der Waals surface area (Å²) in [6, 6.07) is 43.9. The Morgan fingerprint density at radius 1 is 0.614 bits per heavy atom. The number of hydrogen-bond donors (Lipinski definition) is 2. The molecule has 2 atom stereocenters. The second-order valence-electron chi connectivity index (χ2n) is 18.3. The lowest BCUT2D eigenvalue weighted by atomic mass is 10.0. The van der Waals surface area contributed by atoms with Crippen molar-refractivity contribution in [1.29, 1.82) is 5.26 Å². The highest BCUT2D eigenvalue weighted by Crippen LogP contribution is 2.38. The van der Waals surface area contributed by atoms with Crippen LogP contribution >= 0.6 is 22.7 Å². The third-order valence-electron chi connectivity index (χ3n) is 13.8. The Bertz CT molecular complexity index is 3470. The summed E-state index contributed by atoms with van der Waals surface area (Å²) in [5.41, 5.74) is 5.81. The highest BCUT2D eigenvalue weighted by Gasteiger charge is 2.25. The summed E-state index contributed by atoms with van der Waals surface area (Å²) in [6.45, 7) is 19.1. The zero-order valence-electron chi connectivity index (χ0n) is 40.2. The topological polar surface area (TPSA) is 104 Å². The third-order valence-corrected chi connectivity index (χ3v) is 16.0. The normalized spacial score (nSPS) is 13.5. The Morgan fingerprint density at radius 2 is 1.09 bits per heavy atom. The first-order chi connectivity index (χ1) is 34.4. The molecule has 6 aromatic carbocycles. The highest BCUT2D eigenvalue weighted by atomic mass is 32.1. The predicted molar refractivity (Wildman–Crippen MR) is 292 cm³/mol. The molecule has 0 saturated heterocycles. The van der Waals surface area contributed by atoms with Gasteiger partial charge < -0.3 is 19.4 Å². The minimum Gasteiger partial charge on any atom is -0.493 e. The standard InChI is InChI=1S/C60H56N6O2S2/c1-6-10-16-37(8-3)35-67-43-28-22-41(23-29-43)52-50-51(55(66-52)56(62-5)60-64-49-33-27-40-19-13-15-21-46(40)58(49)70-60)53(42-24-30-44(31-25-42)68-36-38(9-4)17-11-7-2)65-54(50)47(34-61)59-63-48-32-26-39-18-12-14-20-45(39)57(48)69-59/h12-15,18-33,37-38,65-66H,6-11,16-17,35-36H2,1-4H3. The number of nitrogens with one attached hydrogen (secondary N) is 2. The first-order valence-electron chi connectivity index (χ1n) is 24.8. The van der Waals surface area contributed by atoms with Crippen LogP contribution in [0.5, 0.6) is 11.5 Å². The molecule has 0 bridgehead atoms. The molecule has 2 N–H and O–H groups in total. The molecule has 8 nitrogen and oxygen atoms in total. The van der Waals surface area contributed by atoms with E-state index in [9.17, 15) is 5.26 Å². The number of rotatable bonds is 18. The molecule has 0 aliphatic heterocycles. The number of nitriles is 1. The minimum absolute atomic E-state index is 0.397. The monoisotopic (exact) mass is 956 g/mol. The van der Waals surface area contributed by atoms with Crippen LogP contribution in [0.4, 0.5) is 0 Å². The molecule has 2 unspecified atom stereocenters. The molecule has 10 rings (SSSR count). The maximum atomic E-state index is 11.4. The van der Waals surface area contributed by atoms with Crippen molar-refractivity contribution in [3.8, 4) is 40.1 Å². The number of benzene rings is 6. The second-order valence-corrected chi connectivity index (χ2v) is 20.3. The van der Waals surface area contributed by atoms with Gasteiger partial charge in [-0.3, -0.25) is 0 Å². The Kier molecular flexibility index (Phi) is 13.8. The van der Waals surface area contributed by atoms with Crippen molar-refractivity contribution in [2.24, 2.45) is 11.8 Å². The molecule has 0 amide bonds. The van der Waals surface area contributed by atoms with Crippen LogP contribution in [0.1, 0.15) is 89.1 Å². The van der Waals surface area contributed by atoms with Gasteiger partial charge in [-0.25, -0.2) is 14.8 Å². The van der Waals surface area contributed by atoms with E-state index in [2.05, 4.69) is 109 Å². The number of unbranched alkanes of at least 4 members (excludes halogenated alkanes) is 2. The number of aromatic amines is 2. The van der Waals surface area contributed by atoms with E-state index in [1.54, 1.807) is 0 Å². The maximum Gasteiger partial charge on any atom is 0.245 e. The Hall–Kier alpha value is -7.24. The summed E-state index contributed by atoms with van der Waals surface area (Å²) in [5, 5.41) is 19.9. The van der Waals surface area contributed by atoms with Gasteiger partial charge in [-0.15, -0.1) is 22.7 Å². The van der Waals surface area contributed by atoms with Crippen molar-refractivity contribution in [3.63, 3.8) is 0 Å². The molecule has 0 fully saturated rings. The van der Waals surface area contributed by atoms with Gasteiger partial charge in [-0.2, -0.15) is 5.26 Å². The second kappa shape index (κ2) is 20.8. The number of aromatic nitrogens is 4. The summed E-state index contributed by atoms with van der Waals surface area (Å²) in [4.78, 5) is 22.2. The number of nitrogens with zero attached hydrogens (tertiary/aromatic N) is 4. The fourth-order valence-corrected chi connectivity index (χ4v) is 11.8. The molecule has 10 heteroatoms. The van der Waals surface area contributed by atoms with Crippen LogP contribution < -0.4 is 20.2 Å². The summed E-state index contributed by atoms with van der Waals surface area (Å²) in [7, 11) is 0. The lowest BCUT2D eigenvalue weighted by Crippen LogP contribution is -2.11. The van der Waals surface area contributed by atoms with Crippen LogP contribution in [0.15, 0.2) is 121 Å². The van der Waals surface area contributed by atoms with E-state index in [1.165, 1.54) is 48.4 Å².